The first-order valence-corrected chi connectivity index (χ1v) is 7.06. The molecule has 98 valence electrons. The minimum absolute atomic E-state index is 0.00137. The molecule has 1 atom stereocenters. The van der Waals surface area contributed by atoms with Crippen molar-refractivity contribution in [3.63, 3.8) is 0 Å². The highest BCUT2D eigenvalue weighted by Gasteiger charge is 2.34. The van der Waals surface area contributed by atoms with Crippen molar-refractivity contribution in [3.8, 4) is 0 Å². The summed E-state index contributed by atoms with van der Waals surface area (Å²) in [6, 6.07) is -0.438. The van der Waals surface area contributed by atoms with E-state index in [2.05, 4.69) is 5.32 Å². The van der Waals surface area contributed by atoms with E-state index in [0.29, 0.717) is 6.42 Å². The second-order valence-corrected chi connectivity index (χ2v) is 6.18. The van der Waals surface area contributed by atoms with Gasteiger partial charge < -0.3 is 15.3 Å². The van der Waals surface area contributed by atoms with Crippen molar-refractivity contribution in [2.24, 2.45) is 0 Å². The summed E-state index contributed by atoms with van der Waals surface area (Å²) in [7, 11) is -1.67. The molecule has 1 aliphatic heterocycles. The maximum absolute atomic E-state index is 11.6. The lowest BCUT2D eigenvalue weighted by Crippen LogP contribution is -2.46. The normalized spacial score (nSPS) is 22.1. The van der Waals surface area contributed by atoms with Crippen LogP contribution in [0.3, 0.4) is 0 Å². The molecule has 1 fully saturated rings. The number of carbonyl (C=O) groups excluding carboxylic acids is 2. The third-order valence-electron chi connectivity index (χ3n) is 2.67. The van der Waals surface area contributed by atoms with Crippen LogP contribution in [-0.4, -0.2) is 68.0 Å². The fourth-order valence-electron chi connectivity index (χ4n) is 1.65. The van der Waals surface area contributed by atoms with Crippen LogP contribution in [-0.2, 0) is 19.4 Å². The van der Waals surface area contributed by atoms with Crippen molar-refractivity contribution in [3.05, 3.63) is 0 Å². The Balaban J connectivity index is 2.56. The number of likely N-dealkylation sites (N-methyl/N-ethyl adjacent to an activating group) is 1. The lowest BCUT2D eigenvalue weighted by atomic mass is 10.2. The first kappa shape index (κ1) is 13.9. The minimum atomic E-state index is -3.08. The molecule has 0 aliphatic carbocycles. The molecule has 1 aliphatic rings. The van der Waals surface area contributed by atoms with Gasteiger partial charge in [0.1, 0.15) is 0 Å². The largest absolute Gasteiger partial charge is 0.395 e. The number of amides is 2. The molecule has 17 heavy (non-hydrogen) atoms. The quantitative estimate of drug-likeness (QED) is 0.560. The molecule has 1 heterocycles. The third-order valence-corrected chi connectivity index (χ3v) is 4.42. The van der Waals surface area contributed by atoms with Crippen LogP contribution in [0.5, 0.6) is 0 Å². The average Bonchev–Trinajstić information content (AvgIpc) is 2.64. The molecule has 0 aromatic heterocycles. The maximum Gasteiger partial charge on any atom is 0.311 e. The second-order valence-electron chi connectivity index (χ2n) is 3.95. The number of hydrogen-bond acceptors (Lipinski definition) is 5. The fourth-order valence-corrected chi connectivity index (χ4v) is 3.43. The van der Waals surface area contributed by atoms with E-state index < -0.39 is 27.7 Å². The smallest absolute Gasteiger partial charge is 0.311 e. The van der Waals surface area contributed by atoms with Gasteiger partial charge in [0.05, 0.1) is 18.1 Å². The first-order valence-electron chi connectivity index (χ1n) is 5.23. The second kappa shape index (κ2) is 5.46. The Labute approximate surface area is 99.7 Å². The SMILES string of the molecule is CN(C(=O)C(=O)NCCO)C1CCS(=O)(=O)C1. The number of sulfone groups is 1. The Morgan fingerprint density at radius 3 is 2.59 bits per heavy atom. The Morgan fingerprint density at radius 1 is 1.47 bits per heavy atom. The van der Waals surface area contributed by atoms with Gasteiger partial charge in [-0.3, -0.25) is 9.59 Å². The molecule has 0 aromatic carbocycles. The monoisotopic (exact) mass is 264 g/mol. The number of nitrogens with zero attached hydrogens (tertiary/aromatic N) is 1. The van der Waals surface area contributed by atoms with Crippen LogP contribution in [0.2, 0.25) is 0 Å². The van der Waals surface area contributed by atoms with Gasteiger partial charge >= 0.3 is 11.8 Å². The fraction of sp³-hybridized carbons (Fsp3) is 0.778. The maximum atomic E-state index is 11.6. The van der Waals surface area contributed by atoms with E-state index in [9.17, 15) is 18.0 Å². The molecular weight excluding hydrogens is 248 g/mol. The lowest BCUT2D eigenvalue weighted by molar-refractivity contribution is -0.146. The molecule has 0 aromatic rings. The van der Waals surface area contributed by atoms with Gasteiger partial charge in [-0.1, -0.05) is 0 Å². The Hall–Kier alpha value is -1.15. The van der Waals surface area contributed by atoms with Crippen molar-refractivity contribution in [1.82, 2.24) is 10.2 Å². The number of aliphatic hydroxyl groups is 1. The van der Waals surface area contributed by atoms with Crippen LogP contribution < -0.4 is 5.32 Å². The van der Waals surface area contributed by atoms with Crippen LogP contribution >= 0.6 is 0 Å². The van der Waals surface area contributed by atoms with Crippen LogP contribution in [0, 0.1) is 0 Å². The van der Waals surface area contributed by atoms with Crippen molar-refractivity contribution < 1.29 is 23.1 Å². The Morgan fingerprint density at radius 2 is 2.12 bits per heavy atom. The molecule has 1 saturated heterocycles. The van der Waals surface area contributed by atoms with Crippen molar-refractivity contribution >= 4 is 21.7 Å². The summed E-state index contributed by atoms with van der Waals surface area (Å²) in [5.41, 5.74) is 0. The molecule has 0 bridgehead atoms. The number of hydrogen-bond donors (Lipinski definition) is 2. The van der Waals surface area contributed by atoms with Crippen LogP contribution in [0.1, 0.15) is 6.42 Å². The van der Waals surface area contributed by atoms with Crippen molar-refractivity contribution in [2.75, 3.05) is 31.7 Å². The molecule has 0 spiro atoms. The van der Waals surface area contributed by atoms with Crippen LogP contribution in [0.25, 0.3) is 0 Å². The van der Waals surface area contributed by atoms with Gasteiger partial charge in [-0.25, -0.2) is 8.42 Å². The molecule has 1 rings (SSSR count). The summed E-state index contributed by atoms with van der Waals surface area (Å²) in [5, 5.41) is 10.7. The van der Waals surface area contributed by atoms with E-state index in [-0.39, 0.29) is 24.7 Å². The highest BCUT2D eigenvalue weighted by atomic mass is 32.2. The van der Waals surface area contributed by atoms with Gasteiger partial charge in [-0.05, 0) is 6.42 Å². The summed E-state index contributed by atoms with van der Waals surface area (Å²) in [6.45, 7) is -0.248. The predicted octanol–water partition coefficient (Wildman–Crippen LogP) is -2.26. The van der Waals surface area contributed by atoms with E-state index in [1.807, 2.05) is 0 Å². The van der Waals surface area contributed by atoms with Gasteiger partial charge in [0.15, 0.2) is 9.84 Å². The zero-order valence-electron chi connectivity index (χ0n) is 9.55. The number of carbonyl (C=O) groups is 2. The predicted molar refractivity (Wildman–Crippen MR) is 59.9 cm³/mol. The van der Waals surface area contributed by atoms with Gasteiger partial charge in [0, 0.05) is 19.6 Å². The van der Waals surface area contributed by atoms with Gasteiger partial charge in [0.25, 0.3) is 0 Å². The Kier molecular flexibility index (Phi) is 4.47. The van der Waals surface area contributed by atoms with Crippen molar-refractivity contribution in [1.29, 1.82) is 0 Å². The van der Waals surface area contributed by atoms with Crippen LogP contribution in [0.15, 0.2) is 0 Å². The van der Waals surface area contributed by atoms with E-state index in [1.54, 1.807) is 0 Å². The molecule has 0 saturated carbocycles. The highest BCUT2D eigenvalue weighted by molar-refractivity contribution is 7.91. The standard InChI is InChI=1S/C9H16N2O5S/c1-11(7-2-5-17(15,16)6-7)9(14)8(13)10-3-4-12/h7,12H,2-6H2,1H3,(H,10,13). The van der Waals surface area contributed by atoms with E-state index in [0.717, 1.165) is 4.90 Å². The lowest BCUT2D eigenvalue weighted by Gasteiger charge is -2.22. The molecule has 2 N–H and O–H groups in total. The van der Waals surface area contributed by atoms with Gasteiger partial charge in [-0.2, -0.15) is 0 Å². The van der Waals surface area contributed by atoms with Crippen molar-refractivity contribution in [2.45, 2.75) is 12.5 Å². The molecule has 2 amide bonds. The summed E-state index contributed by atoms with van der Waals surface area (Å²) in [5.74, 6) is -1.65. The first-order chi connectivity index (χ1) is 7.87. The molecule has 0 radical (unpaired) electrons. The molecule has 8 heteroatoms. The topological polar surface area (TPSA) is 104 Å². The van der Waals surface area contributed by atoms with E-state index in [1.165, 1.54) is 7.05 Å². The van der Waals surface area contributed by atoms with Gasteiger partial charge in [0.2, 0.25) is 0 Å². The molecular formula is C9H16N2O5S. The summed E-state index contributed by atoms with van der Waals surface area (Å²) in [6.07, 6.45) is 0.359. The number of nitrogens with one attached hydrogen (secondary N) is 1. The number of aliphatic hydroxyl groups excluding tert-OH is 1. The highest BCUT2D eigenvalue weighted by Crippen LogP contribution is 2.16. The summed E-state index contributed by atoms with van der Waals surface area (Å²) < 4.78 is 22.5. The van der Waals surface area contributed by atoms with E-state index in [4.69, 9.17) is 5.11 Å². The molecule has 1 unspecified atom stereocenters. The minimum Gasteiger partial charge on any atom is -0.395 e. The third kappa shape index (κ3) is 3.67. The summed E-state index contributed by atoms with van der Waals surface area (Å²) >= 11 is 0. The van der Waals surface area contributed by atoms with E-state index >= 15 is 0 Å². The van der Waals surface area contributed by atoms with Gasteiger partial charge in [-0.15, -0.1) is 0 Å². The summed E-state index contributed by atoms with van der Waals surface area (Å²) in [4.78, 5) is 24.0. The average molecular weight is 264 g/mol. The van der Waals surface area contributed by atoms with Crippen LogP contribution in [0.4, 0.5) is 0 Å². The zero-order chi connectivity index (χ0) is 13.1. The zero-order valence-corrected chi connectivity index (χ0v) is 10.4. The Bertz CT molecular complexity index is 406. The molecule has 7 nitrogen and oxygen atoms in total. The number of rotatable bonds is 3.